The Morgan fingerprint density at radius 2 is 2.00 bits per heavy atom. The summed E-state index contributed by atoms with van der Waals surface area (Å²) in [4.78, 5) is 8.16. The van der Waals surface area contributed by atoms with Gasteiger partial charge in [-0.05, 0) is 101 Å². The van der Waals surface area contributed by atoms with Gasteiger partial charge in [0.2, 0.25) is 0 Å². The number of aliphatic imine (C=N–C) groups is 2. The van der Waals surface area contributed by atoms with Crippen LogP contribution in [-0.2, 0) is 6.42 Å². The summed E-state index contributed by atoms with van der Waals surface area (Å²) < 4.78 is 14.6. The van der Waals surface area contributed by atoms with Crippen molar-refractivity contribution in [2.24, 2.45) is 21.6 Å². The van der Waals surface area contributed by atoms with Gasteiger partial charge in [0, 0.05) is 24.0 Å². The predicted octanol–water partition coefficient (Wildman–Crippen LogP) is 5.45. The van der Waals surface area contributed by atoms with Crippen molar-refractivity contribution in [2.75, 3.05) is 20.6 Å². The highest BCUT2D eigenvalue weighted by Gasteiger charge is 2.16. The van der Waals surface area contributed by atoms with Gasteiger partial charge in [-0.2, -0.15) is 0 Å². The first-order chi connectivity index (χ1) is 13.8. The number of nitrogens with two attached hydrogens (primary N) is 1. The van der Waals surface area contributed by atoms with Crippen molar-refractivity contribution >= 4 is 23.7 Å². The van der Waals surface area contributed by atoms with Gasteiger partial charge in [-0.15, -0.1) is 0 Å². The van der Waals surface area contributed by atoms with E-state index in [9.17, 15) is 4.39 Å². The van der Waals surface area contributed by atoms with Crippen molar-refractivity contribution in [3.05, 3.63) is 46.4 Å². The van der Waals surface area contributed by atoms with Gasteiger partial charge in [-0.1, -0.05) is 13.8 Å². The number of aryl methyl sites for hydroxylation is 1. The van der Waals surface area contributed by atoms with Crippen molar-refractivity contribution in [3.8, 4) is 0 Å². The van der Waals surface area contributed by atoms with E-state index in [1.54, 1.807) is 7.05 Å². The third-order valence-electron chi connectivity index (χ3n) is 5.39. The number of hydrogen-bond donors (Lipinski definition) is 2. The topological polar surface area (TPSA) is 62.8 Å². The van der Waals surface area contributed by atoms with E-state index in [-0.39, 0.29) is 11.5 Å². The molecule has 29 heavy (non-hydrogen) atoms. The Morgan fingerprint density at radius 1 is 1.31 bits per heavy atom. The largest absolute Gasteiger partial charge is 0.398 e. The molecule has 0 radical (unpaired) electrons. The molecule has 0 aliphatic rings. The second-order valence-corrected chi connectivity index (χ2v) is 7.59. The van der Waals surface area contributed by atoms with E-state index in [0.717, 1.165) is 60.2 Å². The zero-order chi connectivity index (χ0) is 22.0. The Bertz CT molecular complexity index is 790. The average molecular weight is 401 g/mol. The monoisotopic (exact) mass is 400 g/mol. The molecule has 0 amide bonds. The molecular weight excluding hydrogens is 363 g/mol. The lowest BCUT2D eigenvalue weighted by atomic mass is 9.90. The van der Waals surface area contributed by atoms with Crippen LogP contribution in [0.1, 0.15) is 58.1 Å². The van der Waals surface area contributed by atoms with E-state index in [2.05, 4.69) is 28.9 Å². The molecule has 1 atom stereocenters. The molecule has 4 nitrogen and oxygen atoms in total. The number of benzene rings is 1. The molecule has 0 aromatic heterocycles. The van der Waals surface area contributed by atoms with Crippen molar-refractivity contribution < 1.29 is 4.39 Å². The Hall–Kier alpha value is -2.27. The van der Waals surface area contributed by atoms with Crippen LogP contribution in [0.4, 0.5) is 10.1 Å². The molecule has 0 fully saturated rings. The number of hydrogen-bond acceptors (Lipinski definition) is 4. The van der Waals surface area contributed by atoms with Crippen molar-refractivity contribution in [3.63, 3.8) is 0 Å². The van der Waals surface area contributed by atoms with E-state index < -0.39 is 0 Å². The minimum absolute atomic E-state index is 0.286. The van der Waals surface area contributed by atoms with Crippen LogP contribution in [0.3, 0.4) is 0 Å². The molecule has 0 saturated carbocycles. The Kier molecular flexibility index (Phi) is 10.5. The fourth-order valence-electron chi connectivity index (χ4n) is 3.32. The maximum atomic E-state index is 14.6. The molecule has 0 saturated heterocycles. The first kappa shape index (κ1) is 24.8. The van der Waals surface area contributed by atoms with Gasteiger partial charge in [0.25, 0.3) is 0 Å². The van der Waals surface area contributed by atoms with E-state index in [1.165, 1.54) is 6.07 Å². The van der Waals surface area contributed by atoms with Crippen LogP contribution in [0.5, 0.6) is 0 Å². The fourth-order valence-corrected chi connectivity index (χ4v) is 3.32. The molecule has 1 rings (SSSR count). The molecule has 0 heterocycles. The van der Waals surface area contributed by atoms with E-state index in [0.29, 0.717) is 11.6 Å². The zero-order valence-electron chi connectivity index (χ0n) is 18.9. The van der Waals surface area contributed by atoms with Gasteiger partial charge >= 0.3 is 0 Å². The van der Waals surface area contributed by atoms with Gasteiger partial charge < -0.3 is 11.1 Å². The van der Waals surface area contributed by atoms with E-state index in [4.69, 9.17) is 5.73 Å². The highest BCUT2D eigenvalue weighted by molar-refractivity contribution is 5.94. The maximum absolute atomic E-state index is 14.6. The molecule has 0 aliphatic heterocycles. The summed E-state index contributed by atoms with van der Waals surface area (Å²) in [6.45, 7) is 12.7. The molecule has 3 N–H and O–H groups in total. The van der Waals surface area contributed by atoms with Gasteiger partial charge in [0.1, 0.15) is 11.5 Å². The molecule has 160 valence electrons. The predicted molar refractivity (Wildman–Crippen MR) is 126 cm³/mol. The molecular formula is C24H37FN4. The molecule has 1 unspecified atom stereocenters. The quantitative estimate of drug-likeness (QED) is 0.383. The molecule has 1 aromatic rings. The smallest absolute Gasteiger partial charge is 0.149 e. The Morgan fingerprint density at radius 3 is 2.55 bits per heavy atom. The highest BCUT2D eigenvalue weighted by Crippen LogP contribution is 2.35. The van der Waals surface area contributed by atoms with Gasteiger partial charge in [-0.25, -0.2) is 4.39 Å². The molecule has 0 spiro atoms. The van der Waals surface area contributed by atoms with Crippen molar-refractivity contribution in [1.82, 2.24) is 5.32 Å². The summed E-state index contributed by atoms with van der Waals surface area (Å²) in [6, 6.07) is 3.54. The minimum Gasteiger partial charge on any atom is -0.398 e. The minimum atomic E-state index is -0.343. The van der Waals surface area contributed by atoms with Crippen LogP contribution >= 0.6 is 0 Å². The molecule has 5 heteroatoms. The summed E-state index contributed by atoms with van der Waals surface area (Å²) in [5, 5.41) is 3.20. The van der Waals surface area contributed by atoms with Crippen LogP contribution < -0.4 is 11.1 Å². The number of rotatable bonds is 11. The average Bonchev–Trinajstić information content (AvgIpc) is 2.71. The lowest BCUT2D eigenvalue weighted by Crippen LogP contribution is -2.12. The highest BCUT2D eigenvalue weighted by atomic mass is 19.1. The second kappa shape index (κ2) is 12.3. The third kappa shape index (κ3) is 7.24. The first-order valence-electron chi connectivity index (χ1n) is 10.3. The lowest BCUT2D eigenvalue weighted by Gasteiger charge is -2.18. The lowest BCUT2D eigenvalue weighted by molar-refractivity contribution is 0.482. The summed E-state index contributed by atoms with van der Waals surface area (Å²) in [5.74, 6) is 0.207. The normalized spacial score (nSPS) is 14.6. The van der Waals surface area contributed by atoms with Crippen LogP contribution in [0.2, 0.25) is 0 Å². The van der Waals surface area contributed by atoms with Gasteiger partial charge in [0.05, 0.1) is 0 Å². The van der Waals surface area contributed by atoms with Crippen molar-refractivity contribution in [2.45, 2.75) is 53.4 Å². The van der Waals surface area contributed by atoms with Gasteiger partial charge in [-0.3, -0.25) is 9.98 Å². The Labute approximate surface area is 175 Å². The number of halogens is 1. The summed E-state index contributed by atoms with van der Waals surface area (Å²) >= 11 is 0. The third-order valence-corrected chi connectivity index (χ3v) is 5.39. The molecule has 0 aliphatic carbocycles. The first-order valence-corrected chi connectivity index (χ1v) is 10.3. The van der Waals surface area contributed by atoms with Crippen LogP contribution in [0, 0.1) is 11.7 Å². The number of allylic oxidation sites excluding steroid dienone is 3. The van der Waals surface area contributed by atoms with Crippen LogP contribution in [0.15, 0.2) is 39.5 Å². The second-order valence-electron chi connectivity index (χ2n) is 7.59. The molecule has 0 bridgehead atoms. The van der Waals surface area contributed by atoms with Gasteiger partial charge in [0.15, 0.2) is 0 Å². The van der Waals surface area contributed by atoms with Crippen LogP contribution in [-0.4, -0.2) is 33.1 Å². The number of nitrogens with zero attached hydrogens (tertiary/aromatic N) is 2. The van der Waals surface area contributed by atoms with E-state index >= 15 is 0 Å². The van der Waals surface area contributed by atoms with Crippen molar-refractivity contribution in [1.29, 1.82) is 0 Å². The molecule has 1 aromatic carbocycles. The zero-order valence-corrected chi connectivity index (χ0v) is 18.9. The number of nitrogens with one attached hydrogen (secondary N) is 1. The van der Waals surface area contributed by atoms with E-state index in [1.807, 2.05) is 40.0 Å². The fraction of sp³-hybridized carbons (Fsp3) is 0.500. The summed E-state index contributed by atoms with van der Waals surface area (Å²) in [7, 11) is 3.71. The summed E-state index contributed by atoms with van der Waals surface area (Å²) in [5.41, 5.74) is 12.0. The standard InChI is InChI=1S/C24H37FN4/c1-8-19-14-21(24(29-7)22(25)15-19)18(4)20(23(26)13-17(3)28-6)10-9-16(2)11-12-27-5/h13-16,27H,7-12,26H2,1-6H3/b20-18+,23-13-,28-17?. The Balaban J connectivity index is 3.49. The summed E-state index contributed by atoms with van der Waals surface area (Å²) in [6.07, 6.45) is 5.54. The van der Waals surface area contributed by atoms with Crippen LogP contribution in [0.25, 0.3) is 5.57 Å². The SMILES string of the molecule is C=Nc1c(F)cc(CC)cc1/C(C)=C(CCC(C)CCNC)/C(N)=C/C(C)=NC. The maximum Gasteiger partial charge on any atom is 0.149 e.